The molecule has 4 aromatic rings. The van der Waals surface area contributed by atoms with Crippen molar-refractivity contribution in [3.05, 3.63) is 111 Å². The lowest BCUT2D eigenvalue weighted by Crippen LogP contribution is -2.32. The average Bonchev–Trinajstić information content (AvgIpc) is 2.79. The number of pyridine rings is 1. The molecule has 1 N–H and O–H groups in total. The van der Waals surface area contributed by atoms with Gasteiger partial charge in [0.15, 0.2) is 0 Å². The molecule has 5 nitrogen and oxygen atoms in total. The monoisotopic (exact) mass is 486 g/mol. The zero-order valence-corrected chi connectivity index (χ0v) is 19.0. The van der Waals surface area contributed by atoms with Crippen LogP contribution < -0.4 is 5.56 Å². The number of rotatable bonds is 6. The molecule has 0 aliphatic rings. The maximum atomic E-state index is 13.5. The number of aryl methyl sites for hydroxylation is 1. The van der Waals surface area contributed by atoms with Crippen molar-refractivity contribution < 1.29 is 21.6 Å². The van der Waals surface area contributed by atoms with Crippen LogP contribution in [0.3, 0.4) is 0 Å². The largest absolute Gasteiger partial charge is 0.416 e. The van der Waals surface area contributed by atoms with Crippen LogP contribution in [0, 0.1) is 6.92 Å². The quantitative estimate of drug-likeness (QED) is 0.405. The molecule has 1 aromatic heterocycles. The van der Waals surface area contributed by atoms with Crippen molar-refractivity contribution in [1.82, 2.24) is 9.29 Å². The second-order valence-electron chi connectivity index (χ2n) is 8.00. The van der Waals surface area contributed by atoms with Crippen LogP contribution in [-0.4, -0.2) is 17.7 Å². The van der Waals surface area contributed by atoms with E-state index >= 15 is 0 Å². The Morgan fingerprint density at radius 3 is 2.32 bits per heavy atom. The van der Waals surface area contributed by atoms with E-state index in [0.717, 1.165) is 33.5 Å². The van der Waals surface area contributed by atoms with E-state index in [1.807, 2.05) is 19.1 Å². The van der Waals surface area contributed by atoms with Gasteiger partial charge >= 0.3 is 6.18 Å². The van der Waals surface area contributed by atoms with E-state index in [4.69, 9.17) is 0 Å². The van der Waals surface area contributed by atoms with E-state index in [9.17, 15) is 26.4 Å². The highest BCUT2D eigenvalue weighted by Gasteiger charge is 2.33. The average molecular weight is 487 g/mol. The molecule has 0 radical (unpaired) electrons. The summed E-state index contributed by atoms with van der Waals surface area (Å²) in [6, 6.07) is 19.3. The molecule has 0 saturated heterocycles. The fraction of sp³-hybridized carbons (Fsp3) is 0.160. The Labute approximate surface area is 194 Å². The van der Waals surface area contributed by atoms with Gasteiger partial charge in [-0.25, -0.2) is 8.42 Å². The highest BCUT2D eigenvalue weighted by Crippen LogP contribution is 2.31. The van der Waals surface area contributed by atoms with E-state index in [-0.39, 0.29) is 18.7 Å². The van der Waals surface area contributed by atoms with Gasteiger partial charge in [0.1, 0.15) is 0 Å². The molecule has 4 rings (SSSR count). The van der Waals surface area contributed by atoms with Crippen molar-refractivity contribution in [2.45, 2.75) is 31.1 Å². The Hall–Kier alpha value is -3.43. The van der Waals surface area contributed by atoms with Crippen molar-refractivity contribution in [3.8, 4) is 0 Å². The summed E-state index contributed by atoms with van der Waals surface area (Å²) < 4.78 is 67.7. The molecule has 0 atom stereocenters. The second-order valence-corrected chi connectivity index (χ2v) is 9.94. The molecule has 1 heterocycles. The maximum absolute atomic E-state index is 13.5. The summed E-state index contributed by atoms with van der Waals surface area (Å²) in [7, 11) is -4.38. The molecular weight excluding hydrogens is 465 g/mol. The second kappa shape index (κ2) is 9.08. The van der Waals surface area contributed by atoms with Gasteiger partial charge in [-0.1, -0.05) is 48.0 Å². The molecule has 0 amide bonds. The molecule has 0 fully saturated rings. The number of nitrogens with zero attached hydrogens (tertiary/aromatic N) is 1. The van der Waals surface area contributed by atoms with Gasteiger partial charge < -0.3 is 4.98 Å². The number of alkyl halides is 3. The highest BCUT2D eigenvalue weighted by atomic mass is 32.2. The number of aromatic amines is 1. The number of hydrogen-bond acceptors (Lipinski definition) is 3. The number of sulfonamides is 1. The third kappa shape index (κ3) is 5.05. The van der Waals surface area contributed by atoms with E-state index in [0.29, 0.717) is 17.1 Å². The molecule has 0 aliphatic carbocycles. The van der Waals surface area contributed by atoms with E-state index in [1.165, 1.54) is 0 Å². The molecule has 0 saturated carbocycles. The van der Waals surface area contributed by atoms with Crippen LogP contribution in [0.4, 0.5) is 13.2 Å². The Bertz CT molecular complexity index is 1500. The summed E-state index contributed by atoms with van der Waals surface area (Å²) in [6.45, 7) is 1.46. The van der Waals surface area contributed by atoms with Gasteiger partial charge in [-0.15, -0.1) is 0 Å². The zero-order chi connectivity index (χ0) is 24.5. The van der Waals surface area contributed by atoms with Gasteiger partial charge in [-0.05, 0) is 54.3 Å². The summed E-state index contributed by atoms with van der Waals surface area (Å²) in [5.74, 6) is 0. The molecule has 0 bridgehead atoms. The topological polar surface area (TPSA) is 70.2 Å². The highest BCUT2D eigenvalue weighted by molar-refractivity contribution is 7.89. The van der Waals surface area contributed by atoms with Gasteiger partial charge in [0.25, 0.3) is 5.56 Å². The van der Waals surface area contributed by atoms with Gasteiger partial charge in [0.05, 0.1) is 10.5 Å². The molecule has 0 unspecified atom stereocenters. The van der Waals surface area contributed by atoms with E-state index in [1.54, 1.807) is 42.5 Å². The van der Waals surface area contributed by atoms with Crippen LogP contribution in [0.2, 0.25) is 0 Å². The number of halogens is 3. The number of benzene rings is 3. The molecule has 9 heteroatoms. The summed E-state index contributed by atoms with van der Waals surface area (Å²) in [4.78, 5) is 15.0. The minimum absolute atomic E-state index is 0.120. The Kier molecular flexibility index (Phi) is 6.33. The molecule has 34 heavy (non-hydrogen) atoms. The minimum Gasteiger partial charge on any atom is -0.322 e. The first-order valence-corrected chi connectivity index (χ1v) is 11.8. The molecule has 3 aromatic carbocycles. The van der Waals surface area contributed by atoms with Crippen molar-refractivity contribution in [2.24, 2.45) is 0 Å². The van der Waals surface area contributed by atoms with Crippen LogP contribution in [0.25, 0.3) is 10.9 Å². The van der Waals surface area contributed by atoms with Crippen LogP contribution >= 0.6 is 0 Å². The standard InChI is InChI=1S/C25H21F3N2O3S/c1-17-10-11-23-19(12-17)13-20(24(31)29-23)16-30(15-18-6-3-2-4-7-18)34(32,33)22-9-5-8-21(14-22)25(26,27)28/h2-14H,15-16H2,1H3,(H,29,31). The van der Waals surface area contributed by atoms with Crippen molar-refractivity contribution in [1.29, 1.82) is 0 Å². The predicted octanol–water partition coefficient (Wildman–Crippen LogP) is 5.25. The van der Waals surface area contributed by atoms with Crippen LogP contribution in [0.1, 0.15) is 22.3 Å². The predicted molar refractivity (Wildman–Crippen MR) is 124 cm³/mol. The van der Waals surface area contributed by atoms with Crippen molar-refractivity contribution in [2.75, 3.05) is 0 Å². The van der Waals surface area contributed by atoms with Gasteiger partial charge in [0, 0.05) is 24.2 Å². The maximum Gasteiger partial charge on any atom is 0.416 e. The number of H-pyrrole nitrogens is 1. The van der Waals surface area contributed by atoms with Gasteiger partial charge in [-0.2, -0.15) is 17.5 Å². The van der Waals surface area contributed by atoms with Crippen LogP contribution in [0.5, 0.6) is 0 Å². The summed E-state index contributed by atoms with van der Waals surface area (Å²) in [6.07, 6.45) is -4.69. The molecule has 0 spiro atoms. The molecule has 0 aliphatic heterocycles. The van der Waals surface area contributed by atoms with Crippen molar-refractivity contribution >= 4 is 20.9 Å². The Balaban J connectivity index is 1.80. The Morgan fingerprint density at radius 2 is 1.62 bits per heavy atom. The smallest absolute Gasteiger partial charge is 0.322 e. The molecular formula is C25H21F3N2O3S. The minimum atomic E-state index is -4.69. The lowest BCUT2D eigenvalue weighted by atomic mass is 10.1. The van der Waals surface area contributed by atoms with Crippen molar-refractivity contribution in [3.63, 3.8) is 0 Å². The molecule has 176 valence electrons. The first-order valence-electron chi connectivity index (χ1n) is 10.4. The lowest BCUT2D eigenvalue weighted by molar-refractivity contribution is -0.137. The summed E-state index contributed by atoms with van der Waals surface area (Å²) >= 11 is 0. The number of aromatic nitrogens is 1. The first kappa shape index (κ1) is 23.7. The van der Waals surface area contributed by atoms with Crippen LogP contribution in [0.15, 0.2) is 88.6 Å². The Morgan fingerprint density at radius 1 is 0.882 bits per heavy atom. The fourth-order valence-corrected chi connectivity index (χ4v) is 5.13. The van der Waals surface area contributed by atoms with Gasteiger partial charge in [0.2, 0.25) is 10.0 Å². The summed E-state index contributed by atoms with van der Waals surface area (Å²) in [5.41, 5.74) is 0.856. The fourth-order valence-electron chi connectivity index (χ4n) is 3.67. The van der Waals surface area contributed by atoms with E-state index < -0.39 is 32.2 Å². The number of nitrogens with one attached hydrogen (secondary N) is 1. The van der Waals surface area contributed by atoms with Crippen LogP contribution in [-0.2, 0) is 29.3 Å². The third-order valence-electron chi connectivity index (χ3n) is 5.42. The SMILES string of the molecule is Cc1ccc2[nH]c(=O)c(CN(Cc3ccccc3)S(=O)(=O)c3cccc(C(F)(F)F)c3)cc2c1. The normalized spacial score (nSPS) is 12.4. The number of hydrogen-bond donors (Lipinski definition) is 1. The first-order chi connectivity index (χ1) is 16.0. The number of fused-ring (bicyclic) bond motifs is 1. The lowest BCUT2D eigenvalue weighted by Gasteiger charge is -2.23. The zero-order valence-electron chi connectivity index (χ0n) is 18.1. The van der Waals surface area contributed by atoms with E-state index in [2.05, 4.69) is 4.98 Å². The summed E-state index contributed by atoms with van der Waals surface area (Å²) in [5, 5.41) is 0.728. The van der Waals surface area contributed by atoms with Gasteiger partial charge in [-0.3, -0.25) is 4.79 Å². The third-order valence-corrected chi connectivity index (χ3v) is 7.21.